The molecule has 0 saturated heterocycles. The average Bonchev–Trinajstić information content (AvgIpc) is 2.69. The Morgan fingerprint density at radius 2 is 1.41 bits per heavy atom. The van der Waals surface area contributed by atoms with Crippen molar-refractivity contribution in [3.05, 3.63) is 71.3 Å². The van der Waals surface area contributed by atoms with Crippen LogP contribution in [0.15, 0.2) is 48.5 Å². The zero-order chi connectivity index (χ0) is 21.1. The van der Waals surface area contributed by atoms with Gasteiger partial charge in [-0.05, 0) is 35.4 Å². The van der Waals surface area contributed by atoms with E-state index in [1.807, 2.05) is 0 Å². The zero-order valence-corrected chi connectivity index (χ0v) is 15.6. The van der Waals surface area contributed by atoms with Crippen molar-refractivity contribution in [1.29, 1.82) is 0 Å². The minimum atomic E-state index is -0.534. The number of halogens is 2. The molecule has 0 aliphatic rings. The van der Waals surface area contributed by atoms with Crippen LogP contribution < -0.4 is 21.3 Å². The molecule has 0 aliphatic heterocycles. The highest BCUT2D eigenvalue weighted by Gasteiger charge is 2.06. The van der Waals surface area contributed by atoms with Crippen LogP contribution in [0.1, 0.15) is 11.1 Å². The summed E-state index contributed by atoms with van der Waals surface area (Å²) in [5.41, 5.74) is 1.28. The van der Waals surface area contributed by atoms with E-state index in [2.05, 4.69) is 21.3 Å². The topological polar surface area (TPSA) is 99.3 Å². The first-order valence-electron chi connectivity index (χ1n) is 8.96. The first-order valence-corrected chi connectivity index (χ1v) is 8.96. The van der Waals surface area contributed by atoms with E-state index in [-0.39, 0.29) is 44.3 Å². The third-order valence-electron chi connectivity index (χ3n) is 3.80. The standard InChI is InChI=1S/C20H22F2N4O3/c21-16-6-4-14(5-7-16)12-25-20(29)26-13-19(28)24-9-8-23-18(27)11-15-2-1-3-17(22)10-15/h1-7,10H,8-9,11-13H2,(H,23,27)(H,24,28)(H2,25,26,29). The summed E-state index contributed by atoms with van der Waals surface area (Å²) < 4.78 is 25.9. The molecule has 2 rings (SSSR count). The molecule has 0 spiro atoms. The molecule has 2 aromatic rings. The van der Waals surface area contributed by atoms with E-state index in [9.17, 15) is 23.2 Å². The fourth-order valence-electron chi connectivity index (χ4n) is 2.37. The first-order chi connectivity index (χ1) is 13.9. The Hall–Kier alpha value is -3.49. The van der Waals surface area contributed by atoms with Crippen LogP contribution in [0.5, 0.6) is 0 Å². The van der Waals surface area contributed by atoms with Gasteiger partial charge in [-0.25, -0.2) is 13.6 Å². The second-order valence-electron chi connectivity index (χ2n) is 6.17. The van der Waals surface area contributed by atoms with Gasteiger partial charge in [0, 0.05) is 19.6 Å². The van der Waals surface area contributed by atoms with E-state index in [0.717, 1.165) is 5.56 Å². The number of carbonyl (C=O) groups excluding carboxylic acids is 3. The molecule has 2 aromatic carbocycles. The second kappa shape index (κ2) is 11.4. The smallest absolute Gasteiger partial charge is 0.315 e. The first kappa shape index (κ1) is 21.8. The van der Waals surface area contributed by atoms with Crippen LogP contribution in [-0.2, 0) is 22.6 Å². The van der Waals surface area contributed by atoms with Crippen LogP contribution in [0.25, 0.3) is 0 Å². The molecule has 0 radical (unpaired) electrons. The van der Waals surface area contributed by atoms with Crippen LogP contribution in [0.3, 0.4) is 0 Å². The number of hydrogen-bond donors (Lipinski definition) is 4. The Bertz CT molecular complexity index is 844. The van der Waals surface area contributed by atoms with E-state index in [1.165, 1.54) is 30.3 Å². The molecule has 0 atom stereocenters. The Kier molecular flexibility index (Phi) is 8.55. The Balaban J connectivity index is 1.54. The highest BCUT2D eigenvalue weighted by atomic mass is 19.1. The molecule has 0 aliphatic carbocycles. The summed E-state index contributed by atoms with van der Waals surface area (Å²) in [5.74, 6) is -1.47. The van der Waals surface area contributed by atoms with Crippen molar-refractivity contribution in [3.8, 4) is 0 Å². The molecule has 4 amide bonds. The van der Waals surface area contributed by atoms with Crippen molar-refractivity contribution in [2.45, 2.75) is 13.0 Å². The summed E-state index contributed by atoms with van der Waals surface area (Å²) in [5, 5.41) is 10.1. The average molecular weight is 404 g/mol. The fourth-order valence-corrected chi connectivity index (χ4v) is 2.37. The molecule has 154 valence electrons. The monoisotopic (exact) mass is 404 g/mol. The predicted octanol–water partition coefficient (Wildman–Crippen LogP) is 1.24. The molecular weight excluding hydrogens is 382 g/mol. The second-order valence-corrected chi connectivity index (χ2v) is 6.17. The summed E-state index contributed by atoms with van der Waals surface area (Å²) >= 11 is 0. The van der Waals surface area contributed by atoms with E-state index in [4.69, 9.17) is 0 Å². The Labute approximate surface area is 166 Å². The number of carbonyl (C=O) groups is 3. The molecule has 9 heteroatoms. The number of amides is 4. The lowest BCUT2D eigenvalue weighted by atomic mass is 10.1. The summed E-state index contributed by atoms with van der Waals surface area (Å²) in [6.45, 7) is 0.362. The highest BCUT2D eigenvalue weighted by Crippen LogP contribution is 2.04. The van der Waals surface area contributed by atoms with Gasteiger partial charge in [-0.2, -0.15) is 0 Å². The summed E-state index contributed by atoms with van der Waals surface area (Å²) in [6, 6.07) is 10.9. The summed E-state index contributed by atoms with van der Waals surface area (Å²) in [6.07, 6.45) is 0.0431. The van der Waals surface area contributed by atoms with Crippen LogP contribution in [0, 0.1) is 11.6 Å². The molecule has 0 unspecified atom stereocenters. The van der Waals surface area contributed by atoms with Crippen molar-refractivity contribution < 1.29 is 23.2 Å². The van der Waals surface area contributed by atoms with Gasteiger partial charge in [-0.3, -0.25) is 9.59 Å². The number of rotatable bonds is 9. The van der Waals surface area contributed by atoms with Crippen LogP contribution in [0.2, 0.25) is 0 Å². The Morgan fingerprint density at radius 3 is 2.10 bits per heavy atom. The van der Waals surface area contributed by atoms with Crippen molar-refractivity contribution in [2.24, 2.45) is 0 Å². The minimum Gasteiger partial charge on any atom is -0.354 e. The molecule has 0 aromatic heterocycles. The van der Waals surface area contributed by atoms with E-state index >= 15 is 0 Å². The number of benzene rings is 2. The third kappa shape index (κ3) is 8.83. The lowest BCUT2D eigenvalue weighted by Gasteiger charge is -2.09. The number of hydrogen-bond acceptors (Lipinski definition) is 3. The van der Waals surface area contributed by atoms with Crippen LogP contribution >= 0.6 is 0 Å². The SMILES string of the molecule is O=C(CNC(=O)NCc1ccc(F)cc1)NCCNC(=O)Cc1cccc(F)c1. The van der Waals surface area contributed by atoms with Gasteiger partial charge >= 0.3 is 6.03 Å². The normalized spacial score (nSPS) is 10.1. The molecule has 29 heavy (non-hydrogen) atoms. The van der Waals surface area contributed by atoms with Gasteiger partial charge in [0.05, 0.1) is 13.0 Å². The third-order valence-corrected chi connectivity index (χ3v) is 3.80. The molecule has 7 nitrogen and oxygen atoms in total. The van der Waals surface area contributed by atoms with E-state index in [1.54, 1.807) is 18.2 Å². The largest absolute Gasteiger partial charge is 0.354 e. The predicted molar refractivity (Wildman–Crippen MR) is 103 cm³/mol. The molecule has 0 saturated carbocycles. The lowest BCUT2D eigenvalue weighted by molar-refractivity contribution is -0.122. The van der Waals surface area contributed by atoms with Gasteiger partial charge in [-0.1, -0.05) is 24.3 Å². The summed E-state index contributed by atoms with van der Waals surface area (Å²) in [4.78, 5) is 35.1. The molecule has 0 fully saturated rings. The molecule has 0 bridgehead atoms. The van der Waals surface area contributed by atoms with Crippen molar-refractivity contribution in [1.82, 2.24) is 21.3 Å². The highest BCUT2D eigenvalue weighted by molar-refractivity contribution is 5.84. The van der Waals surface area contributed by atoms with E-state index < -0.39 is 17.8 Å². The quantitative estimate of drug-likeness (QED) is 0.473. The maximum absolute atomic E-state index is 13.1. The lowest BCUT2D eigenvalue weighted by Crippen LogP contribution is -2.43. The maximum atomic E-state index is 13.1. The van der Waals surface area contributed by atoms with Gasteiger partial charge in [0.25, 0.3) is 0 Å². The molecule has 0 heterocycles. The van der Waals surface area contributed by atoms with Gasteiger partial charge in [-0.15, -0.1) is 0 Å². The van der Waals surface area contributed by atoms with Crippen molar-refractivity contribution >= 4 is 17.8 Å². The van der Waals surface area contributed by atoms with Gasteiger partial charge in [0.15, 0.2) is 0 Å². The van der Waals surface area contributed by atoms with Gasteiger partial charge in [0.1, 0.15) is 11.6 Å². The molecule has 4 N–H and O–H groups in total. The minimum absolute atomic E-state index is 0.0431. The van der Waals surface area contributed by atoms with Crippen molar-refractivity contribution in [2.75, 3.05) is 19.6 Å². The summed E-state index contributed by atoms with van der Waals surface area (Å²) in [7, 11) is 0. The Morgan fingerprint density at radius 1 is 0.724 bits per heavy atom. The van der Waals surface area contributed by atoms with Crippen LogP contribution in [-0.4, -0.2) is 37.5 Å². The van der Waals surface area contributed by atoms with E-state index in [0.29, 0.717) is 5.56 Å². The number of nitrogens with one attached hydrogen (secondary N) is 4. The molecular formula is C20H22F2N4O3. The number of urea groups is 1. The van der Waals surface area contributed by atoms with Gasteiger partial charge < -0.3 is 21.3 Å². The maximum Gasteiger partial charge on any atom is 0.315 e. The fraction of sp³-hybridized carbons (Fsp3) is 0.250. The van der Waals surface area contributed by atoms with Crippen molar-refractivity contribution in [3.63, 3.8) is 0 Å². The zero-order valence-electron chi connectivity index (χ0n) is 15.6. The van der Waals surface area contributed by atoms with Crippen LogP contribution in [0.4, 0.5) is 13.6 Å². The van der Waals surface area contributed by atoms with Gasteiger partial charge in [0.2, 0.25) is 11.8 Å².